The zero-order valence-corrected chi connectivity index (χ0v) is 14.7. The SMILES string of the molecule is COCCC1(CNC(=O)Nc2cccc(N(C)C(C)C)c2)CC1. The van der Waals surface area contributed by atoms with Crippen molar-refractivity contribution in [1.29, 1.82) is 0 Å². The normalized spacial score (nSPS) is 15.3. The van der Waals surface area contributed by atoms with Crippen LogP contribution < -0.4 is 15.5 Å². The molecule has 2 amide bonds. The molecule has 0 heterocycles. The van der Waals surface area contributed by atoms with Gasteiger partial charge in [0, 0.05) is 44.7 Å². The van der Waals surface area contributed by atoms with Gasteiger partial charge in [0.1, 0.15) is 0 Å². The van der Waals surface area contributed by atoms with Crippen LogP contribution in [0.4, 0.5) is 16.2 Å². The molecule has 0 radical (unpaired) electrons. The Hall–Kier alpha value is -1.75. The molecule has 0 saturated heterocycles. The topological polar surface area (TPSA) is 53.6 Å². The van der Waals surface area contributed by atoms with E-state index >= 15 is 0 Å². The van der Waals surface area contributed by atoms with Gasteiger partial charge in [-0.25, -0.2) is 4.79 Å². The summed E-state index contributed by atoms with van der Waals surface area (Å²) in [5, 5.41) is 5.92. The van der Waals surface area contributed by atoms with Crippen molar-refractivity contribution in [2.24, 2.45) is 5.41 Å². The van der Waals surface area contributed by atoms with Crippen LogP contribution in [0, 0.1) is 5.41 Å². The van der Waals surface area contributed by atoms with Crippen molar-refractivity contribution in [3.8, 4) is 0 Å². The van der Waals surface area contributed by atoms with Gasteiger partial charge in [-0.2, -0.15) is 0 Å². The fourth-order valence-corrected chi connectivity index (χ4v) is 2.55. The molecule has 1 saturated carbocycles. The average Bonchev–Trinajstić information content (AvgIpc) is 3.31. The van der Waals surface area contributed by atoms with E-state index in [1.54, 1.807) is 7.11 Å². The summed E-state index contributed by atoms with van der Waals surface area (Å²) < 4.78 is 5.14. The minimum absolute atomic E-state index is 0.141. The number of anilines is 2. The lowest BCUT2D eigenvalue weighted by Crippen LogP contribution is -2.34. The Balaban J connectivity index is 1.85. The van der Waals surface area contributed by atoms with Crippen LogP contribution in [0.1, 0.15) is 33.1 Å². The predicted molar refractivity (Wildman–Crippen MR) is 95.2 cm³/mol. The Bertz CT molecular complexity index is 527. The van der Waals surface area contributed by atoms with E-state index in [1.165, 1.54) is 12.8 Å². The van der Waals surface area contributed by atoms with Gasteiger partial charge in [0.05, 0.1) is 0 Å². The summed E-state index contributed by atoms with van der Waals surface area (Å²) in [7, 11) is 3.77. The first-order valence-corrected chi connectivity index (χ1v) is 8.32. The molecule has 2 rings (SSSR count). The number of nitrogens with zero attached hydrogens (tertiary/aromatic N) is 1. The molecule has 0 unspecified atom stereocenters. The highest BCUT2D eigenvalue weighted by molar-refractivity contribution is 5.89. The van der Waals surface area contributed by atoms with Gasteiger partial charge >= 0.3 is 6.03 Å². The van der Waals surface area contributed by atoms with Crippen LogP contribution >= 0.6 is 0 Å². The molecular weight excluding hydrogens is 290 g/mol. The van der Waals surface area contributed by atoms with Crippen LogP contribution in [0.15, 0.2) is 24.3 Å². The number of amides is 2. The Morgan fingerprint density at radius 1 is 1.39 bits per heavy atom. The lowest BCUT2D eigenvalue weighted by atomic mass is 10.0. The molecule has 2 N–H and O–H groups in total. The minimum atomic E-state index is -0.141. The third kappa shape index (κ3) is 5.13. The molecule has 1 aromatic carbocycles. The van der Waals surface area contributed by atoms with Crippen LogP contribution in [0.2, 0.25) is 0 Å². The van der Waals surface area contributed by atoms with E-state index in [9.17, 15) is 4.79 Å². The minimum Gasteiger partial charge on any atom is -0.385 e. The van der Waals surface area contributed by atoms with Crippen LogP contribution in [-0.4, -0.2) is 39.4 Å². The smallest absolute Gasteiger partial charge is 0.319 e. The van der Waals surface area contributed by atoms with Crippen molar-refractivity contribution in [1.82, 2.24) is 5.32 Å². The predicted octanol–water partition coefficient (Wildman–Crippen LogP) is 3.47. The maximum absolute atomic E-state index is 12.1. The quantitative estimate of drug-likeness (QED) is 0.771. The summed E-state index contributed by atoms with van der Waals surface area (Å²) in [5.41, 5.74) is 2.17. The summed E-state index contributed by atoms with van der Waals surface area (Å²) in [4.78, 5) is 14.3. The fraction of sp³-hybridized carbons (Fsp3) is 0.611. The average molecular weight is 319 g/mol. The molecule has 0 bridgehead atoms. The van der Waals surface area contributed by atoms with Gasteiger partial charge in [-0.3, -0.25) is 0 Å². The van der Waals surface area contributed by atoms with Crippen LogP contribution in [0.25, 0.3) is 0 Å². The van der Waals surface area contributed by atoms with E-state index in [0.717, 1.165) is 24.4 Å². The summed E-state index contributed by atoms with van der Waals surface area (Å²) in [6, 6.07) is 8.19. The van der Waals surface area contributed by atoms with Gasteiger partial charge in [0.25, 0.3) is 0 Å². The van der Waals surface area contributed by atoms with Crippen molar-refractivity contribution in [3.05, 3.63) is 24.3 Å². The molecule has 1 fully saturated rings. The number of hydrogen-bond donors (Lipinski definition) is 2. The summed E-state index contributed by atoms with van der Waals surface area (Å²) >= 11 is 0. The molecule has 1 aliphatic carbocycles. The van der Waals surface area contributed by atoms with Gasteiger partial charge in [-0.1, -0.05) is 6.07 Å². The molecule has 5 heteroatoms. The van der Waals surface area contributed by atoms with Crippen LogP contribution in [0.5, 0.6) is 0 Å². The molecule has 0 atom stereocenters. The zero-order chi connectivity index (χ0) is 16.9. The van der Waals surface area contributed by atoms with E-state index in [-0.39, 0.29) is 11.4 Å². The molecule has 128 valence electrons. The molecule has 1 aliphatic rings. The van der Waals surface area contributed by atoms with Gasteiger partial charge in [-0.15, -0.1) is 0 Å². The molecule has 0 aliphatic heterocycles. The molecule has 5 nitrogen and oxygen atoms in total. The maximum Gasteiger partial charge on any atom is 0.319 e. The third-order valence-electron chi connectivity index (χ3n) is 4.70. The standard InChI is InChI=1S/C18H29N3O2/c1-14(2)21(3)16-7-5-6-15(12-16)20-17(22)19-13-18(8-9-18)10-11-23-4/h5-7,12,14H,8-11,13H2,1-4H3,(H2,19,20,22). The highest BCUT2D eigenvalue weighted by atomic mass is 16.5. The maximum atomic E-state index is 12.1. The Morgan fingerprint density at radius 3 is 2.74 bits per heavy atom. The number of carbonyl (C=O) groups is 1. The number of hydrogen-bond acceptors (Lipinski definition) is 3. The molecule has 23 heavy (non-hydrogen) atoms. The van der Waals surface area contributed by atoms with Crippen molar-refractivity contribution in [2.75, 3.05) is 37.5 Å². The lowest BCUT2D eigenvalue weighted by Gasteiger charge is -2.24. The number of carbonyl (C=O) groups excluding carboxylic acids is 1. The Labute approximate surface area is 139 Å². The van der Waals surface area contributed by atoms with Crippen LogP contribution in [0.3, 0.4) is 0 Å². The van der Waals surface area contributed by atoms with Gasteiger partial charge < -0.3 is 20.3 Å². The highest BCUT2D eigenvalue weighted by Crippen LogP contribution is 2.48. The van der Waals surface area contributed by atoms with Crippen molar-refractivity contribution < 1.29 is 9.53 Å². The molecule has 0 aromatic heterocycles. The number of nitrogens with one attached hydrogen (secondary N) is 2. The number of urea groups is 1. The molecule has 1 aromatic rings. The third-order valence-corrected chi connectivity index (χ3v) is 4.70. The van der Waals surface area contributed by atoms with Crippen LogP contribution in [-0.2, 0) is 4.74 Å². The number of methoxy groups -OCH3 is 1. The lowest BCUT2D eigenvalue weighted by molar-refractivity contribution is 0.171. The van der Waals surface area contributed by atoms with Crippen molar-refractivity contribution in [3.63, 3.8) is 0 Å². The van der Waals surface area contributed by atoms with Gasteiger partial charge in [-0.05, 0) is 56.7 Å². The first-order valence-electron chi connectivity index (χ1n) is 8.32. The largest absolute Gasteiger partial charge is 0.385 e. The molecular formula is C18H29N3O2. The first kappa shape index (κ1) is 17.6. The second-order valence-electron chi connectivity index (χ2n) is 6.81. The summed E-state index contributed by atoms with van der Waals surface area (Å²) in [6.07, 6.45) is 3.36. The van der Waals surface area contributed by atoms with Gasteiger partial charge in [0.2, 0.25) is 0 Å². The second-order valence-corrected chi connectivity index (χ2v) is 6.81. The van der Waals surface area contributed by atoms with Crippen molar-refractivity contribution in [2.45, 2.75) is 39.2 Å². The Kier molecular flexibility index (Phi) is 5.88. The van der Waals surface area contributed by atoms with E-state index in [2.05, 4.69) is 36.4 Å². The monoisotopic (exact) mass is 319 g/mol. The van der Waals surface area contributed by atoms with Crippen molar-refractivity contribution >= 4 is 17.4 Å². The fourth-order valence-electron chi connectivity index (χ4n) is 2.55. The number of ether oxygens (including phenoxy) is 1. The number of rotatable bonds is 8. The number of benzene rings is 1. The first-order chi connectivity index (χ1) is 11.0. The summed E-state index contributed by atoms with van der Waals surface area (Å²) in [6.45, 7) is 5.75. The highest BCUT2D eigenvalue weighted by Gasteiger charge is 2.42. The van der Waals surface area contributed by atoms with Gasteiger partial charge in [0.15, 0.2) is 0 Å². The van der Waals surface area contributed by atoms with E-state index < -0.39 is 0 Å². The molecule has 0 spiro atoms. The Morgan fingerprint density at radius 2 is 2.13 bits per heavy atom. The summed E-state index contributed by atoms with van der Waals surface area (Å²) in [5.74, 6) is 0. The van der Waals surface area contributed by atoms with E-state index in [0.29, 0.717) is 12.6 Å². The zero-order valence-electron chi connectivity index (χ0n) is 14.7. The van der Waals surface area contributed by atoms with E-state index in [4.69, 9.17) is 4.74 Å². The second kappa shape index (κ2) is 7.68. The van der Waals surface area contributed by atoms with E-state index in [1.807, 2.05) is 24.3 Å².